The lowest BCUT2D eigenvalue weighted by Crippen LogP contribution is -2.12. The van der Waals surface area contributed by atoms with Crippen molar-refractivity contribution < 1.29 is 19.0 Å². The first kappa shape index (κ1) is 13.6. The molecule has 1 aliphatic rings. The summed E-state index contributed by atoms with van der Waals surface area (Å²) in [5.74, 6) is 1.44. The maximum atomic E-state index is 12.3. The van der Waals surface area contributed by atoms with Crippen LogP contribution in [0.15, 0.2) is 36.4 Å². The van der Waals surface area contributed by atoms with E-state index in [4.69, 9.17) is 25.8 Å². The summed E-state index contributed by atoms with van der Waals surface area (Å²) in [4.78, 5) is 12.3. The van der Waals surface area contributed by atoms with Crippen LogP contribution in [0, 0.1) is 0 Å². The van der Waals surface area contributed by atoms with E-state index in [1.165, 1.54) is 7.11 Å². The minimum absolute atomic E-state index is 0.169. The summed E-state index contributed by atoms with van der Waals surface area (Å²) in [6, 6.07) is 10.0. The standard InChI is InChI=1S/C15H12ClNO4/c1-19-12-5-3-10(16)7-11(12)17-15(18)9-2-4-13-14(6-9)21-8-20-13/h2-7H,8H2,1H3,(H,17,18). The maximum absolute atomic E-state index is 12.3. The molecule has 0 aliphatic carbocycles. The Morgan fingerprint density at radius 1 is 1.19 bits per heavy atom. The fourth-order valence-corrected chi connectivity index (χ4v) is 2.18. The number of nitrogens with one attached hydrogen (secondary N) is 1. The van der Waals surface area contributed by atoms with Gasteiger partial charge in [0.25, 0.3) is 5.91 Å². The van der Waals surface area contributed by atoms with Crippen LogP contribution in [-0.2, 0) is 0 Å². The van der Waals surface area contributed by atoms with Crippen LogP contribution in [0.25, 0.3) is 0 Å². The number of fused-ring (bicyclic) bond motifs is 1. The predicted molar refractivity (Wildman–Crippen MR) is 78.5 cm³/mol. The minimum Gasteiger partial charge on any atom is -0.495 e. The molecule has 0 aromatic heterocycles. The molecule has 3 rings (SSSR count). The van der Waals surface area contributed by atoms with Gasteiger partial charge in [0.1, 0.15) is 5.75 Å². The zero-order valence-electron chi connectivity index (χ0n) is 11.2. The van der Waals surface area contributed by atoms with Gasteiger partial charge >= 0.3 is 0 Å². The Morgan fingerprint density at radius 2 is 2.00 bits per heavy atom. The first-order chi connectivity index (χ1) is 10.2. The quantitative estimate of drug-likeness (QED) is 0.945. The molecular formula is C15H12ClNO4. The second kappa shape index (κ2) is 5.54. The molecule has 21 heavy (non-hydrogen) atoms. The highest BCUT2D eigenvalue weighted by atomic mass is 35.5. The monoisotopic (exact) mass is 305 g/mol. The van der Waals surface area contributed by atoms with Gasteiger partial charge in [-0.15, -0.1) is 0 Å². The van der Waals surface area contributed by atoms with Crippen LogP contribution in [0.3, 0.4) is 0 Å². The molecule has 1 aliphatic heterocycles. The van der Waals surface area contributed by atoms with E-state index in [0.29, 0.717) is 33.5 Å². The van der Waals surface area contributed by atoms with Crippen molar-refractivity contribution in [2.45, 2.75) is 0 Å². The first-order valence-corrected chi connectivity index (χ1v) is 6.60. The number of methoxy groups -OCH3 is 1. The van der Waals surface area contributed by atoms with E-state index in [1.807, 2.05) is 0 Å². The smallest absolute Gasteiger partial charge is 0.255 e. The first-order valence-electron chi connectivity index (χ1n) is 6.22. The second-order valence-corrected chi connectivity index (χ2v) is 4.80. The Morgan fingerprint density at radius 3 is 2.81 bits per heavy atom. The number of carbonyl (C=O) groups is 1. The topological polar surface area (TPSA) is 56.8 Å². The average molecular weight is 306 g/mol. The van der Waals surface area contributed by atoms with Crippen LogP contribution in [0.2, 0.25) is 5.02 Å². The van der Waals surface area contributed by atoms with Crippen molar-refractivity contribution in [3.63, 3.8) is 0 Å². The van der Waals surface area contributed by atoms with Crippen LogP contribution in [-0.4, -0.2) is 19.8 Å². The number of anilines is 1. The second-order valence-electron chi connectivity index (χ2n) is 4.37. The molecular weight excluding hydrogens is 294 g/mol. The summed E-state index contributed by atoms with van der Waals surface area (Å²) < 4.78 is 15.7. The Bertz CT molecular complexity index is 702. The molecule has 108 valence electrons. The molecule has 2 aromatic rings. The molecule has 0 saturated heterocycles. The number of hydrogen-bond donors (Lipinski definition) is 1. The fraction of sp³-hybridized carbons (Fsp3) is 0.133. The molecule has 5 nitrogen and oxygen atoms in total. The van der Waals surface area contributed by atoms with Crippen molar-refractivity contribution in [3.8, 4) is 17.2 Å². The van der Waals surface area contributed by atoms with Crippen molar-refractivity contribution in [1.29, 1.82) is 0 Å². The van der Waals surface area contributed by atoms with Gasteiger partial charge in [0.15, 0.2) is 11.5 Å². The zero-order chi connectivity index (χ0) is 14.8. The van der Waals surface area contributed by atoms with Gasteiger partial charge in [-0.05, 0) is 36.4 Å². The lowest BCUT2D eigenvalue weighted by atomic mass is 10.2. The third-order valence-electron chi connectivity index (χ3n) is 3.04. The van der Waals surface area contributed by atoms with Crippen LogP contribution in [0.1, 0.15) is 10.4 Å². The van der Waals surface area contributed by atoms with Gasteiger partial charge in [-0.1, -0.05) is 11.6 Å². The van der Waals surface area contributed by atoms with Crippen LogP contribution < -0.4 is 19.5 Å². The largest absolute Gasteiger partial charge is 0.495 e. The lowest BCUT2D eigenvalue weighted by Gasteiger charge is -2.10. The number of rotatable bonds is 3. The molecule has 1 heterocycles. The summed E-state index contributed by atoms with van der Waals surface area (Å²) in [7, 11) is 1.53. The number of halogens is 1. The normalized spacial score (nSPS) is 12.1. The van der Waals surface area contributed by atoms with Crippen molar-refractivity contribution in [1.82, 2.24) is 0 Å². The van der Waals surface area contributed by atoms with E-state index in [-0.39, 0.29) is 12.7 Å². The zero-order valence-corrected chi connectivity index (χ0v) is 11.9. The van der Waals surface area contributed by atoms with E-state index < -0.39 is 0 Å². The molecule has 0 fully saturated rings. The number of ether oxygens (including phenoxy) is 3. The van der Waals surface area contributed by atoms with Crippen LogP contribution in [0.4, 0.5) is 5.69 Å². The van der Waals surface area contributed by atoms with Gasteiger partial charge in [-0.3, -0.25) is 4.79 Å². The third-order valence-corrected chi connectivity index (χ3v) is 3.28. The van der Waals surface area contributed by atoms with E-state index in [1.54, 1.807) is 36.4 Å². The summed E-state index contributed by atoms with van der Waals surface area (Å²) in [5.41, 5.74) is 0.967. The number of benzene rings is 2. The van der Waals surface area contributed by atoms with E-state index in [9.17, 15) is 4.79 Å². The van der Waals surface area contributed by atoms with E-state index >= 15 is 0 Å². The number of carbonyl (C=O) groups excluding carboxylic acids is 1. The van der Waals surface area contributed by atoms with Gasteiger partial charge in [0, 0.05) is 10.6 Å². The molecule has 0 unspecified atom stereocenters. The molecule has 0 radical (unpaired) electrons. The van der Waals surface area contributed by atoms with Gasteiger partial charge in [0.2, 0.25) is 6.79 Å². The summed E-state index contributed by atoms with van der Waals surface area (Å²) in [6.45, 7) is 0.169. The molecule has 2 aromatic carbocycles. The molecule has 1 amide bonds. The number of amides is 1. The summed E-state index contributed by atoms with van der Waals surface area (Å²) in [5, 5.41) is 3.28. The SMILES string of the molecule is COc1ccc(Cl)cc1NC(=O)c1ccc2c(c1)OCO2. The Hall–Kier alpha value is -2.40. The van der Waals surface area contributed by atoms with Gasteiger partial charge < -0.3 is 19.5 Å². The Kier molecular flexibility index (Phi) is 3.58. The molecule has 0 spiro atoms. The summed E-state index contributed by atoms with van der Waals surface area (Å²) >= 11 is 5.94. The molecule has 1 N–H and O–H groups in total. The third kappa shape index (κ3) is 2.73. The Labute approximate surface area is 126 Å². The average Bonchev–Trinajstić information content (AvgIpc) is 2.94. The van der Waals surface area contributed by atoms with Crippen molar-refractivity contribution in [3.05, 3.63) is 47.0 Å². The van der Waals surface area contributed by atoms with Crippen molar-refractivity contribution >= 4 is 23.2 Å². The van der Waals surface area contributed by atoms with E-state index in [2.05, 4.69) is 5.32 Å². The van der Waals surface area contributed by atoms with Crippen LogP contribution >= 0.6 is 11.6 Å². The summed E-state index contributed by atoms with van der Waals surface area (Å²) in [6.07, 6.45) is 0. The van der Waals surface area contributed by atoms with Gasteiger partial charge in [-0.25, -0.2) is 0 Å². The lowest BCUT2D eigenvalue weighted by molar-refractivity contribution is 0.102. The van der Waals surface area contributed by atoms with Crippen molar-refractivity contribution in [2.24, 2.45) is 0 Å². The van der Waals surface area contributed by atoms with Crippen LogP contribution in [0.5, 0.6) is 17.2 Å². The molecule has 6 heteroatoms. The highest BCUT2D eigenvalue weighted by Gasteiger charge is 2.17. The molecule has 0 saturated carbocycles. The van der Waals surface area contributed by atoms with Crippen molar-refractivity contribution in [2.75, 3.05) is 19.2 Å². The fourth-order valence-electron chi connectivity index (χ4n) is 2.01. The number of hydrogen-bond acceptors (Lipinski definition) is 4. The van der Waals surface area contributed by atoms with E-state index in [0.717, 1.165) is 0 Å². The molecule has 0 atom stereocenters. The van der Waals surface area contributed by atoms with Gasteiger partial charge in [0.05, 0.1) is 12.8 Å². The molecule has 0 bridgehead atoms. The Balaban J connectivity index is 1.85. The highest BCUT2D eigenvalue weighted by Crippen LogP contribution is 2.33. The maximum Gasteiger partial charge on any atom is 0.255 e. The highest BCUT2D eigenvalue weighted by molar-refractivity contribution is 6.31. The predicted octanol–water partition coefficient (Wildman–Crippen LogP) is 3.33. The minimum atomic E-state index is -0.283. The van der Waals surface area contributed by atoms with Gasteiger partial charge in [-0.2, -0.15) is 0 Å².